The van der Waals surface area contributed by atoms with E-state index in [0.717, 1.165) is 30.5 Å². The van der Waals surface area contributed by atoms with Gasteiger partial charge in [0.15, 0.2) is 5.82 Å². The minimum Gasteiger partial charge on any atom is -0.249 e. The molecule has 3 rings (SSSR count). The van der Waals surface area contributed by atoms with Gasteiger partial charge in [-0.2, -0.15) is 0 Å². The molecule has 16 heavy (non-hydrogen) atoms. The Morgan fingerprint density at radius 1 is 1.19 bits per heavy atom. The van der Waals surface area contributed by atoms with Crippen molar-refractivity contribution in [3.63, 3.8) is 0 Å². The summed E-state index contributed by atoms with van der Waals surface area (Å²) >= 11 is 12.0. The average molecular weight is 256 g/mol. The molecule has 0 unspecified atom stereocenters. The summed E-state index contributed by atoms with van der Waals surface area (Å²) in [4.78, 5) is 4.33. The second kappa shape index (κ2) is 3.57. The highest BCUT2D eigenvalue weighted by Crippen LogP contribution is 2.35. The summed E-state index contributed by atoms with van der Waals surface area (Å²) in [6.45, 7) is 0. The quantitative estimate of drug-likeness (QED) is 0.689. The van der Waals surface area contributed by atoms with Crippen molar-refractivity contribution in [2.24, 2.45) is 0 Å². The first kappa shape index (κ1) is 10.3. The monoisotopic (exact) mass is 255 g/mol. The van der Waals surface area contributed by atoms with Crippen molar-refractivity contribution in [1.82, 2.24) is 4.98 Å². The fourth-order valence-electron chi connectivity index (χ4n) is 2.21. The summed E-state index contributed by atoms with van der Waals surface area (Å²) in [5.41, 5.74) is 2.27. The van der Waals surface area contributed by atoms with Crippen LogP contribution in [-0.2, 0) is 12.8 Å². The van der Waals surface area contributed by atoms with Gasteiger partial charge in [0, 0.05) is 11.1 Å². The van der Waals surface area contributed by atoms with Gasteiger partial charge in [-0.15, -0.1) is 0 Å². The van der Waals surface area contributed by atoms with E-state index in [-0.39, 0.29) is 10.5 Å². The molecule has 0 N–H and O–H groups in total. The van der Waals surface area contributed by atoms with E-state index in [2.05, 4.69) is 4.98 Å². The molecule has 0 atom stereocenters. The molecule has 0 aliphatic heterocycles. The predicted molar refractivity (Wildman–Crippen MR) is 63.7 cm³/mol. The first-order chi connectivity index (χ1) is 7.68. The average Bonchev–Trinajstić information content (AvgIpc) is 2.73. The number of pyridine rings is 1. The van der Waals surface area contributed by atoms with E-state index in [1.807, 2.05) is 0 Å². The molecule has 1 aliphatic rings. The zero-order valence-corrected chi connectivity index (χ0v) is 9.87. The number of rotatable bonds is 0. The summed E-state index contributed by atoms with van der Waals surface area (Å²) in [6, 6.07) is 3.25. The Morgan fingerprint density at radius 3 is 2.81 bits per heavy atom. The summed E-state index contributed by atoms with van der Waals surface area (Å²) in [5.74, 6) is -0.476. The number of nitrogens with zero attached hydrogens (tertiary/aromatic N) is 1. The van der Waals surface area contributed by atoms with E-state index >= 15 is 0 Å². The second-order valence-corrected chi connectivity index (χ2v) is 4.75. The topological polar surface area (TPSA) is 12.9 Å². The van der Waals surface area contributed by atoms with Crippen LogP contribution < -0.4 is 0 Å². The number of hydrogen-bond acceptors (Lipinski definition) is 1. The molecule has 0 saturated carbocycles. The van der Waals surface area contributed by atoms with Gasteiger partial charge in [0.05, 0.1) is 10.0 Å². The Bertz CT molecular complexity index is 595. The van der Waals surface area contributed by atoms with E-state index in [4.69, 9.17) is 23.2 Å². The molecular formula is C12H8Cl2FN. The van der Waals surface area contributed by atoms with Crippen molar-refractivity contribution in [1.29, 1.82) is 0 Å². The molecule has 0 spiro atoms. The largest absolute Gasteiger partial charge is 0.249 e. The van der Waals surface area contributed by atoms with Gasteiger partial charge in [0.1, 0.15) is 5.52 Å². The van der Waals surface area contributed by atoms with Crippen LogP contribution in [0.3, 0.4) is 0 Å². The predicted octanol–water partition coefficient (Wildman–Crippen LogP) is 4.17. The molecule has 1 aromatic heterocycles. The Morgan fingerprint density at radius 2 is 2.00 bits per heavy atom. The fraction of sp³-hybridized carbons (Fsp3) is 0.250. The van der Waals surface area contributed by atoms with Gasteiger partial charge in [-0.05, 0) is 37.0 Å². The van der Waals surface area contributed by atoms with Crippen molar-refractivity contribution in [3.8, 4) is 0 Å². The van der Waals surface area contributed by atoms with E-state index in [9.17, 15) is 4.39 Å². The molecule has 0 fully saturated rings. The minimum absolute atomic E-state index is 0.0917. The van der Waals surface area contributed by atoms with Crippen LogP contribution in [0.5, 0.6) is 0 Å². The van der Waals surface area contributed by atoms with Crippen LogP contribution in [-0.4, -0.2) is 4.98 Å². The van der Waals surface area contributed by atoms with Crippen LogP contribution in [0.4, 0.5) is 4.39 Å². The maximum absolute atomic E-state index is 13.8. The van der Waals surface area contributed by atoms with Gasteiger partial charge in [-0.1, -0.05) is 23.2 Å². The lowest BCUT2D eigenvalue weighted by Gasteiger charge is -2.07. The first-order valence-electron chi connectivity index (χ1n) is 5.13. The van der Waals surface area contributed by atoms with Crippen molar-refractivity contribution in [3.05, 3.63) is 39.3 Å². The summed E-state index contributed by atoms with van der Waals surface area (Å²) in [6.07, 6.45) is 2.84. The summed E-state index contributed by atoms with van der Waals surface area (Å²) in [5, 5.41) is 1.38. The van der Waals surface area contributed by atoms with Crippen LogP contribution in [0.25, 0.3) is 10.9 Å². The Balaban J connectivity index is 2.46. The van der Waals surface area contributed by atoms with E-state index in [1.54, 1.807) is 6.07 Å². The molecule has 4 heteroatoms. The fourth-order valence-corrected chi connectivity index (χ4v) is 2.72. The number of halogens is 3. The number of benzene rings is 1. The van der Waals surface area contributed by atoms with Crippen LogP contribution in [0.2, 0.25) is 10.0 Å². The zero-order valence-electron chi connectivity index (χ0n) is 8.36. The smallest absolute Gasteiger partial charge is 0.168 e. The lowest BCUT2D eigenvalue weighted by Crippen LogP contribution is -1.94. The molecule has 82 valence electrons. The van der Waals surface area contributed by atoms with Crippen molar-refractivity contribution >= 4 is 34.1 Å². The molecule has 0 radical (unpaired) electrons. The first-order valence-corrected chi connectivity index (χ1v) is 5.89. The van der Waals surface area contributed by atoms with Gasteiger partial charge >= 0.3 is 0 Å². The molecule has 1 aliphatic carbocycles. The SMILES string of the molecule is Fc1c(Cl)ccc2c(Cl)c3c(nc12)CCC3. The van der Waals surface area contributed by atoms with Crippen LogP contribution in [0.15, 0.2) is 12.1 Å². The highest BCUT2D eigenvalue weighted by atomic mass is 35.5. The van der Waals surface area contributed by atoms with Gasteiger partial charge < -0.3 is 0 Å². The van der Waals surface area contributed by atoms with E-state index in [1.165, 1.54) is 6.07 Å². The van der Waals surface area contributed by atoms with Crippen LogP contribution in [0.1, 0.15) is 17.7 Å². The molecule has 0 bridgehead atoms. The highest BCUT2D eigenvalue weighted by Gasteiger charge is 2.20. The lowest BCUT2D eigenvalue weighted by molar-refractivity contribution is 0.636. The molecule has 1 heterocycles. The number of hydrogen-bond donors (Lipinski definition) is 0. The van der Waals surface area contributed by atoms with Gasteiger partial charge in [0.2, 0.25) is 0 Å². The van der Waals surface area contributed by atoms with Crippen molar-refractivity contribution in [2.45, 2.75) is 19.3 Å². The molecule has 2 aromatic rings. The lowest BCUT2D eigenvalue weighted by atomic mass is 10.1. The minimum atomic E-state index is -0.476. The maximum Gasteiger partial charge on any atom is 0.168 e. The molecule has 0 amide bonds. The van der Waals surface area contributed by atoms with Crippen molar-refractivity contribution in [2.75, 3.05) is 0 Å². The van der Waals surface area contributed by atoms with Gasteiger partial charge in [-0.3, -0.25) is 0 Å². The summed E-state index contributed by atoms with van der Waals surface area (Å²) < 4.78 is 13.8. The normalized spacial score (nSPS) is 14.4. The van der Waals surface area contributed by atoms with Crippen LogP contribution >= 0.6 is 23.2 Å². The molecular weight excluding hydrogens is 248 g/mol. The third-order valence-corrected chi connectivity index (χ3v) is 3.73. The number of aromatic nitrogens is 1. The number of aryl methyl sites for hydroxylation is 1. The molecule has 1 nitrogen and oxygen atoms in total. The Kier molecular flexibility index (Phi) is 2.30. The van der Waals surface area contributed by atoms with Crippen molar-refractivity contribution < 1.29 is 4.39 Å². The molecule has 0 saturated heterocycles. The summed E-state index contributed by atoms with van der Waals surface area (Å²) in [7, 11) is 0. The van der Waals surface area contributed by atoms with Gasteiger partial charge in [0.25, 0.3) is 0 Å². The second-order valence-electron chi connectivity index (χ2n) is 3.96. The van der Waals surface area contributed by atoms with E-state index < -0.39 is 5.82 Å². The maximum atomic E-state index is 13.8. The Labute approximate surface area is 102 Å². The van der Waals surface area contributed by atoms with Gasteiger partial charge in [-0.25, -0.2) is 9.37 Å². The van der Waals surface area contributed by atoms with Crippen LogP contribution in [0, 0.1) is 5.82 Å². The molecule has 1 aromatic carbocycles. The van der Waals surface area contributed by atoms with E-state index in [0.29, 0.717) is 10.4 Å². The highest BCUT2D eigenvalue weighted by molar-refractivity contribution is 6.37. The third kappa shape index (κ3) is 1.33. The standard InChI is InChI=1S/C12H8Cl2FN/c13-8-5-4-7-10(14)6-2-1-3-9(6)16-12(7)11(8)15/h4-5H,1-3H2. The number of fused-ring (bicyclic) bond motifs is 2. The third-order valence-electron chi connectivity index (χ3n) is 3.01. The Hall–Kier alpha value is -0.860. The zero-order chi connectivity index (χ0) is 11.3.